The van der Waals surface area contributed by atoms with Crippen LogP contribution in [-0.4, -0.2) is 49.0 Å². The van der Waals surface area contributed by atoms with Gasteiger partial charge in [0.1, 0.15) is 23.1 Å². The van der Waals surface area contributed by atoms with Gasteiger partial charge in [0.15, 0.2) is 0 Å². The van der Waals surface area contributed by atoms with Crippen LogP contribution < -0.4 is 10.1 Å². The van der Waals surface area contributed by atoms with Gasteiger partial charge in [-0.1, -0.05) is 18.2 Å². The van der Waals surface area contributed by atoms with Crippen LogP contribution in [0.15, 0.2) is 42.6 Å². The van der Waals surface area contributed by atoms with Gasteiger partial charge in [-0.05, 0) is 94.6 Å². The van der Waals surface area contributed by atoms with Crippen molar-refractivity contribution in [2.24, 2.45) is 0 Å². The van der Waals surface area contributed by atoms with E-state index in [1.54, 1.807) is 11.3 Å². The van der Waals surface area contributed by atoms with Crippen LogP contribution in [0.2, 0.25) is 0 Å². The lowest BCUT2D eigenvalue weighted by molar-refractivity contribution is -0.107. The van der Waals surface area contributed by atoms with Gasteiger partial charge in [0, 0.05) is 17.8 Å². The van der Waals surface area contributed by atoms with E-state index in [0.29, 0.717) is 17.9 Å². The third kappa shape index (κ3) is 6.19. The molecule has 2 heterocycles. The van der Waals surface area contributed by atoms with Crippen molar-refractivity contribution in [2.45, 2.75) is 51.7 Å². The van der Waals surface area contributed by atoms with Gasteiger partial charge in [0.25, 0.3) is 0 Å². The highest BCUT2D eigenvalue weighted by atomic mass is 32.1. The molecule has 1 aromatic heterocycles. The monoisotopic (exact) mass is 502 g/mol. The van der Waals surface area contributed by atoms with E-state index in [4.69, 9.17) is 4.74 Å². The molecule has 6 nitrogen and oxygen atoms in total. The lowest BCUT2D eigenvalue weighted by Crippen LogP contribution is -2.21. The second-order valence-corrected chi connectivity index (χ2v) is 10.6. The second-order valence-electron chi connectivity index (χ2n) is 9.57. The molecule has 2 aliphatic rings. The van der Waals surface area contributed by atoms with Crippen LogP contribution >= 0.6 is 11.3 Å². The number of rotatable bonds is 7. The van der Waals surface area contributed by atoms with Gasteiger partial charge in [-0.25, -0.2) is 4.98 Å². The van der Waals surface area contributed by atoms with Gasteiger partial charge in [-0.3, -0.25) is 0 Å². The third-order valence-electron chi connectivity index (χ3n) is 6.53. The van der Waals surface area contributed by atoms with Crippen LogP contribution in [0.5, 0.6) is 5.75 Å². The third-order valence-corrected chi connectivity index (χ3v) is 7.61. The SMILES string of the molecule is CC(C)Oc1ccc(-c2ncc(-c3cccc4c3CCC4NCC=O)s2)cc1C#N.CN1CCCC1. The number of aldehydes is 1. The van der Waals surface area contributed by atoms with Crippen molar-refractivity contribution >= 4 is 17.6 Å². The summed E-state index contributed by atoms with van der Waals surface area (Å²) >= 11 is 1.63. The van der Waals surface area contributed by atoms with Gasteiger partial charge < -0.3 is 19.7 Å². The Bertz CT molecular complexity index is 1220. The Morgan fingerprint density at radius 3 is 2.75 bits per heavy atom. The van der Waals surface area contributed by atoms with Crippen molar-refractivity contribution < 1.29 is 9.53 Å². The van der Waals surface area contributed by atoms with Crippen LogP contribution in [0, 0.1) is 11.3 Å². The summed E-state index contributed by atoms with van der Waals surface area (Å²) in [5.74, 6) is 0.600. The highest BCUT2D eigenvalue weighted by Crippen LogP contribution is 2.41. The zero-order valence-corrected chi connectivity index (χ0v) is 22.1. The first-order valence-corrected chi connectivity index (χ1v) is 13.5. The fraction of sp³-hybridized carbons (Fsp3) is 0.414. The molecular formula is C29H34N4O2S. The molecule has 0 saturated carbocycles. The zero-order valence-electron chi connectivity index (χ0n) is 21.3. The van der Waals surface area contributed by atoms with Crippen molar-refractivity contribution in [1.29, 1.82) is 5.26 Å². The van der Waals surface area contributed by atoms with E-state index in [9.17, 15) is 10.1 Å². The number of benzene rings is 2. The molecule has 0 bridgehead atoms. The summed E-state index contributed by atoms with van der Waals surface area (Å²) in [7, 11) is 2.17. The molecule has 1 fully saturated rings. The molecule has 1 aliphatic carbocycles. The van der Waals surface area contributed by atoms with Crippen LogP contribution in [0.3, 0.4) is 0 Å². The number of aromatic nitrogens is 1. The maximum atomic E-state index is 10.7. The second kappa shape index (κ2) is 12.3. The quantitative estimate of drug-likeness (QED) is 0.422. The topological polar surface area (TPSA) is 78.2 Å². The van der Waals surface area contributed by atoms with E-state index in [1.165, 1.54) is 42.6 Å². The Hall–Kier alpha value is -3.05. The van der Waals surface area contributed by atoms with Crippen LogP contribution in [0.4, 0.5) is 0 Å². The first-order chi connectivity index (χ1) is 17.5. The molecule has 1 N–H and O–H groups in total. The summed E-state index contributed by atoms with van der Waals surface area (Å²) in [5.41, 5.74) is 5.23. The molecule has 5 rings (SSSR count). The molecule has 1 atom stereocenters. The normalized spacial score (nSPS) is 16.8. The number of nitrogens with one attached hydrogen (secondary N) is 1. The Kier molecular flexibility index (Phi) is 8.87. The summed E-state index contributed by atoms with van der Waals surface area (Å²) in [6, 6.07) is 14.4. The number of likely N-dealkylation sites (tertiary alicyclic amines) is 1. The lowest BCUT2D eigenvalue weighted by atomic mass is 10.0. The Labute approximate surface area is 217 Å². The van der Waals surface area contributed by atoms with Crippen molar-refractivity contribution in [3.05, 3.63) is 59.3 Å². The van der Waals surface area contributed by atoms with Crippen LogP contribution in [0.25, 0.3) is 21.0 Å². The van der Waals surface area contributed by atoms with E-state index in [-0.39, 0.29) is 12.1 Å². The van der Waals surface area contributed by atoms with E-state index in [2.05, 4.69) is 46.5 Å². The van der Waals surface area contributed by atoms with E-state index >= 15 is 0 Å². The number of nitrogens with zero attached hydrogens (tertiary/aromatic N) is 3. The number of thiazole rings is 1. The molecule has 188 valence electrons. The molecule has 1 saturated heterocycles. The van der Waals surface area contributed by atoms with E-state index < -0.39 is 0 Å². The minimum Gasteiger partial charge on any atom is -0.490 e. The Morgan fingerprint density at radius 2 is 2.08 bits per heavy atom. The first kappa shape index (κ1) is 26.0. The molecule has 1 aliphatic heterocycles. The van der Waals surface area contributed by atoms with Gasteiger partial charge in [-0.2, -0.15) is 5.26 Å². The summed E-state index contributed by atoms with van der Waals surface area (Å²) in [4.78, 5) is 18.8. The molecule has 36 heavy (non-hydrogen) atoms. The van der Waals surface area contributed by atoms with Gasteiger partial charge in [0.2, 0.25) is 0 Å². The van der Waals surface area contributed by atoms with Crippen molar-refractivity contribution in [2.75, 3.05) is 26.7 Å². The summed E-state index contributed by atoms with van der Waals surface area (Å²) < 4.78 is 5.72. The number of nitriles is 1. The average molecular weight is 503 g/mol. The number of hydrogen-bond acceptors (Lipinski definition) is 7. The number of hydrogen-bond donors (Lipinski definition) is 1. The van der Waals surface area contributed by atoms with Crippen molar-refractivity contribution in [1.82, 2.24) is 15.2 Å². The Balaban J connectivity index is 0.000000445. The molecule has 0 radical (unpaired) electrons. The maximum absolute atomic E-state index is 10.7. The Morgan fingerprint density at radius 1 is 1.28 bits per heavy atom. The van der Waals surface area contributed by atoms with Crippen molar-refractivity contribution in [3.8, 4) is 32.8 Å². The fourth-order valence-corrected chi connectivity index (χ4v) is 5.77. The first-order valence-electron chi connectivity index (χ1n) is 12.6. The average Bonchev–Trinajstić information content (AvgIpc) is 3.64. The van der Waals surface area contributed by atoms with Crippen LogP contribution in [0.1, 0.15) is 55.8 Å². The fourth-order valence-electron chi connectivity index (χ4n) is 4.80. The lowest BCUT2D eigenvalue weighted by Gasteiger charge is -2.12. The standard InChI is InChI=1S/C24H23N3O2S.C5H11N/c1-15(2)29-22-9-6-16(12-17(22)13-25)24-27-14-23(30-24)20-5-3-4-19-18(20)7-8-21(19)26-10-11-28;1-6-4-2-3-5-6/h3-6,9,11-12,14-15,21,26H,7-8,10H2,1-2H3;2-5H2,1H3. The highest BCUT2D eigenvalue weighted by molar-refractivity contribution is 7.18. The summed E-state index contributed by atoms with van der Waals surface area (Å²) in [6.07, 6.45) is 7.63. The van der Waals surface area contributed by atoms with E-state index in [1.807, 2.05) is 38.2 Å². The molecular weight excluding hydrogens is 468 g/mol. The zero-order chi connectivity index (χ0) is 25.5. The molecule has 3 aromatic rings. The van der Waals surface area contributed by atoms with Crippen molar-refractivity contribution in [3.63, 3.8) is 0 Å². The number of carbonyl (C=O) groups excluding carboxylic acids is 1. The predicted molar refractivity (Wildman–Crippen MR) is 145 cm³/mol. The minimum atomic E-state index is 0.0134. The van der Waals surface area contributed by atoms with E-state index in [0.717, 1.165) is 34.6 Å². The maximum Gasteiger partial charge on any atom is 0.137 e. The largest absolute Gasteiger partial charge is 0.490 e. The molecule has 0 amide bonds. The molecule has 0 spiro atoms. The number of ether oxygens (including phenoxy) is 1. The number of fused-ring (bicyclic) bond motifs is 1. The highest BCUT2D eigenvalue weighted by Gasteiger charge is 2.25. The molecule has 2 aromatic carbocycles. The summed E-state index contributed by atoms with van der Waals surface area (Å²) in [5, 5.41) is 13.7. The molecule has 7 heteroatoms. The van der Waals surface area contributed by atoms with Gasteiger partial charge in [0.05, 0.1) is 23.1 Å². The van der Waals surface area contributed by atoms with Gasteiger partial charge >= 0.3 is 0 Å². The smallest absolute Gasteiger partial charge is 0.137 e. The predicted octanol–water partition coefficient (Wildman–Crippen LogP) is 5.62. The van der Waals surface area contributed by atoms with Crippen LogP contribution in [-0.2, 0) is 11.2 Å². The molecule has 1 unspecified atom stereocenters. The van der Waals surface area contributed by atoms with Gasteiger partial charge in [-0.15, -0.1) is 11.3 Å². The summed E-state index contributed by atoms with van der Waals surface area (Å²) in [6.45, 7) is 6.90. The number of carbonyl (C=O) groups is 1. The minimum absolute atomic E-state index is 0.0134.